The van der Waals surface area contributed by atoms with Crippen LogP contribution in [0.15, 0.2) is 0 Å². The first-order valence-electron chi connectivity index (χ1n) is 23.2. The summed E-state index contributed by atoms with van der Waals surface area (Å²) >= 11 is 0. The van der Waals surface area contributed by atoms with Crippen molar-refractivity contribution in [3.63, 3.8) is 0 Å². The maximum Gasteiger partial charge on any atom is 0.306 e. The van der Waals surface area contributed by atoms with Gasteiger partial charge in [0.2, 0.25) is 0 Å². The molecule has 0 aromatic heterocycles. The summed E-state index contributed by atoms with van der Waals surface area (Å²) in [5, 5.41) is 0. The van der Waals surface area contributed by atoms with Crippen molar-refractivity contribution < 1.29 is 28.6 Å². The van der Waals surface area contributed by atoms with Crippen LogP contribution in [0.25, 0.3) is 0 Å². The number of hydrogen-bond acceptors (Lipinski definition) is 6. The van der Waals surface area contributed by atoms with Crippen LogP contribution in [-0.2, 0) is 28.6 Å². The minimum absolute atomic E-state index is 0.0654. The van der Waals surface area contributed by atoms with Crippen LogP contribution in [-0.4, -0.2) is 37.2 Å². The number of ether oxygens (including phenoxy) is 3. The van der Waals surface area contributed by atoms with Crippen LogP contribution in [0.3, 0.4) is 0 Å². The molecular weight excluding hydrogens is 661 g/mol. The molecule has 1 atom stereocenters. The van der Waals surface area contributed by atoms with Crippen molar-refractivity contribution in [1.82, 2.24) is 0 Å². The lowest BCUT2D eigenvalue weighted by Crippen LogP contribution is -2.30. The zero-order valence-corrected chi connectivity index (χ0v) is 36.1. The van der Waals surface area contributed by atoms with Crippen LogP contribution in [0.1, 0.15) is 253 Å². The SMILES string of the molecule is CCCCCCCCCCCC(=O)O[C@@H](COC(=O)CCCCCCCCCCCCCCCCC(C)C)COC(=O)CCCCCCCCC(C)C. The first-order chi connectivity index (χ1) is 25.7. The third kappa shape index (κ3) is 41.4. The Hall–Kier alpha value is -1.59. The predicted octanol–water partition coefficient (Wildman–Crippen LogP) is 14.6. The first kappa shape index (κ1) is 51.4. The van der Waals surface area contributed by atoms with Crippen molar-refractivity contribution in [3.05, 3.63) is 0 Å². The number of unbranched alkanes of at least 4 members (excludes halogenated alkanes) is 26. The molecule has 0 saturated carbocycles. The van der Waals surface area contributed by atoms with Crippen LogP contribution in [0.5, 0.6) is 0 Å². The van der Waals surface area contributed by atoms with E-state index in [1.54, 1.807) is 0 Å². The lowest BCUT2D eigenvalue weighted by Gasteiger charge is -2.18. The molecule has 0 aliphatic carbocycles. The van der Waals surface area contributed by atoms with E-state index >= 15 is 0 Å². The van der Waals surface area contributed by atoms with Gasteiger partial charge in [0.15, 0.2) is 6.10 Å². The number of hydrogen-bond donors (Lipinski definition) is 0. The summed E-state index contributed by atoms with van der Waals surface area (Å²) in [5.74, 6) is 0.745. The van der Waals surface area contributed by atoms with Gasteiger partial charge in [0, 0.05) is 19.3 Å². The van der Waals surface area contributed by atoms with Crippen LogP contribution in [0.4, 0.5) is 0 Å². The van der Waals surface area contributed by atoms with E-state index in [0.29, 0.717) is 19.3 Å². The van der Waals surface area contributed by atoms with Crippen LogP contribution in [0, 0.1) is 11.8 Å². The minimum Gasteiger partial charge on any atom is -0.462 e. The standard InChI is InChI=1S/C47H90O6/c1-6-7-8-9-10-17-22-29-34-39-47(50)53-44(41-52-46(49)38-33-28-24-23-26-31-36-43(4)5)40-51-45(48)37-32-27-21-19-16-14-12-11-13-15-18-20-25-30-35-42(2)3/h42-44H,6-41H2,1-5H3/t44-/m0/s1. The van der Waals surface area contributed by atoms with Crippen molar-refractivity contribution in [2.24, 2.45) is 11.8 Å². The second-order valence-corrected chi connectivity index (χ2v) is 17.0. The summed E-state index contributed by atoms with van der Waals surface area (Å²) in [6.45, 7) is 11.3. The predicted molar refractivity (Wildman–Crippen MR) is 224 cm³/mol. The highest BCUT2D eigenvalue weighted by atomic mass is 16.6. The molecular formula is C47H90O6. The molecule has 0 fully saturated rings. The summed E-state index contributed by atoms with van der Waals surface area (Å²) in [7, 11) is 0. The van der Waals surface area contributed by atoms with Crippen molar-refractivity contribution in [2.45, 2.75) is 259 Å². The van der Waals surface area contributed by atoms with Gasteiger partial charge in [0.05, 0.1) is 0 Å². The third-order valence-electron chi connectivity index (χ3n) is 10.5. The smallest absolute Gasteiger partial charge is 0.306 e. The molecule has 6 nitrogen and oxygen atoms in total. The molecule has 0 saturated heterocycles. The summed E-state index contributed by atoms with van der Waals surface area (Å²) in [6, 6.07) is 0. The Balaban J connectivity index is 4.23. The van der Waals surface area contributed by atoms with E-state index in [4.69, 9.17) is 14.2 Å². The lowest BCUT2D eigenvalue weighted by atomic mass is 10.0. The summed E-state index contributed by atoms with van der Waals surface area (Å²) in [4.78, 5) is 37.6. The van der Waals surface area contributed by atoms with E-state index in [2.05, 4.69) is 34.6 Å². The zero-order chi connectivity index (χ0) is 39.0. The molecule has 0 aromatic rings. The van der Waals surface area contributed by atoms with Gasteiger partial charge in [-0.2, -0.15) is 0 Å². The molecule has 0 amide bonds. The molecule has 0 aromatic carbocycles. The van der Waals surface area contributed by atoms with E-state index in [0.717, 1.165) is 69.6 Å². The molecule has 6 heteroatoms. The van der Waals surface area contributed by atoms with Crippen molar-refractivity contribution in [2.75, 3.05) is 13.2 Å². The maximum atomic E-state index is 12.6. The van der Waals surface area contributed by atoms with Gasteiger partial charge in [0.1, 0.15) is 13.2 Å². The Morgan fingerprint density at radius 1 is 0.358 bits per heavy atom. The van der Waals surface area contributed by atoms with E-state index in [-0.39, 0.29) is 31.1 Å². The van der Waals surface area contributed by atoms with E-state index in [9.17, 15) is 14.4 Å². The topological polar surface area (TPSA) is 78.9 Å². The highest BCUT2D eigenvalue weighted by Crippen LogP contribution is 2.16. The molecule has 0 aliphatic rings. The van der Waals surface area contributed by atoms with Gasteiger partial charge in [-0.25, -0.2) is 0 Å². The first-order valence-corrected chi connectivity index (χ1v) is 23.2. The van der Waals surface area contributed by atoms with Gasteiger partial charge in [-0.3, -0.25) is 14.4 Å². The second-order valence-electron chi connectivity index (χ2n) is 17.0. The van der Waals surface area contributed by atoms with Crippen molar-refractivity contribution in [1.29, 1.82) is 0 Å². The van der Waals surface area contributed by atoms with E-state index in [1.807, 2.05) is 0 Å². The van der Waals surface area contributed by atoms with Gasteiger partial charge < -0.3 is 14.2 Å². The van der Waals surface area contributed by atoms with Gasteiger partial charge in [0.25, 0.3) is 0 Å². The monoisotopic (exact) mass is 751 g/mol. The van der Waals surface area contributed by atoms with Crippen LogP contribution >= 0.6 is 0 Å². The minimum atomic E-state index is -0.760. The average molecular weight is 751 g/mol. The molecule has 0 radical (unpaired) electrons. The Kier molecular flexibility index (Phi) is 38.9. The summed E-state index contributed by atoms with van der Waals surface area (Å²) in [6.07, 6.45) is 38.2. The van der Waals surface area contributed by atoms with E-state index in [1.165, 1.54) is 141 Å². The van der Waals surface area contributed by atoms with Crippen LogP contribution in [0.2, 0.25) is 0 Å². The fourth-order valence-corrected chi connectivity index (χ4v) is 6.93. The highest BCUT2D eigenvalue weighted by molar-refractivity contribution is 5.71. The summed E-state index contributed by atoms with van der Waals surface area (Å²) in [5.41, 5.74) is 0. The quantitative estimate of drug-likeness (QED) is 0.0352. The number of carbonyl (C=O) groups excluding carboxylic acids is 3. The molecule has 0 aliphatic heterocycles. The maximum absolute atomic E-state index is 12.6. The molecule has 0 N–H and O–H groups in total. The molecule has 0 bridgehead atoms. The summed E-state index contributed by atoms with van der Waals surface area (Å²) < 4.78 is 16.7. The molecule has 0 rings (SSSR count). The molecule has 314 valence electrons. The number of carbonyl (C=O) groups is 3. The van der Waals surface area contributed by atoms with Gasteiger partial charge in [-0.1, -0.05) is 214 Å². The Bertz CT molecular complexity index is 809. The normalized spacial score (nSPS) is 12.1. The fraction of sp³-hybridized carbons (Fsp3) is 0.936. The number of esters is 3. The lowest BCUT2D eigenvalue weighted by molar-refractivity contribution is -0.167. The van der Waals surface area contributed by atoms with Crippen molar-refractivity contribution >= 4 is 17.9 Å². The second kappa shape index (κ2) is 40.1. The molecule has 0 spiro atoms. The Morgan fingerprint density at radius 3 is 0.925 bits per heavy atom. The largest absolute Gasteiger partial charge is 0.462 e. The van der Waals surface area contributed by atoms with Gasteiger partial charge in [-0.05, 0) is 31.1 Å². The van der Waals surface area contributed by atoms with Crippen molar-refractivity contribution in [3.8, 4) is 0 Å². The Morgan fingerprint density at radius 2 is 0.623 bits per heavy atom. The Labute approximate surface area is 329 Å². The average Bonchev–Trinajstić information content (AvgIpc) is 3.12. The van der Waals surface area contributed by atoms with E-state index < -0.39 is 6.10 Å². The van der Waals surface area contributed by atoms with Gasteiger partial charge in [-0.15, -0.1) is 0 Å². The zero-order valence-electron chi connectivity index (χ0n) is 36.1. The third-order valence-corrected chi connectivity index (χ3v) is 10.5. The molecule has 53 heavy (non-hydrogen) atoms. The number of rotatable bonds is 41. The fourth-order valence-electron chi connectivity index (χ4n) is 6.93. The molecule has 0 unspecified atom stereocenters. The van der Waals surface area contributed by atoms with Crippen LogP contribution < -0.4 is 0 Å². The van der Waals surface area contributed by atoms with Gasteiger partial charge >= 0.3 is 17.9 Å². The highest BCUT2D eigenvalue weighted by Gasteiger charge is 2.19. The molecule has 0 heterocycles.